The predicted octanol–water partition coefficient (Wildman–Crippen LogP) is 3.09. The second kappa shape index (κ2) is 3.08. The maximum Gasteiger partial charge on any atom is 0.365 e. The molecule has 0 atom stereocenters. The van der Waals surface area contributed by atoms with Gasteiger partial charge in [0.2, 0.25) is 6.67 Å². The number of halogens is 7. The van der Waals surface area contributed by atoms with E-state index in [4.69, 9.17) is 0 Å². The molecule has 0 aliphatic rings. The van der Waals surface area contributed by atoms with Crippen LogP contribution in [0.15, 0.2) is 0 Å². The smallest absolute Gasteiger partial charge is 0.237 e. The normalized spacial score (nSPS) is 14.2. The quantitative estimate of drug-likeness (QED) is 0.612. The van der Waals surface area contributed by atoms with Gasteiger partial charge in [-0.05, 0) is 0 Å². The van der Waals surface area contributed by atoms with Crippen LogP contribution in [0.4, 0.5) is 26.3 Å². The van der Waals surface area contributed by atoms with Crippen LogP contribution < -0.4 is 0 Å². The molecular weight excluding hydrogens is 197 g/mol. The van der Waals surface area contributed by atoms with Gasteiger partial charge in [0.15, 0.2) is 0 Å². The summed E-state index contributed by atoms with van der Waals surface area (Å²) in [5.74, 6) is -10.5. The summed E-state index contributed by atoms with van der Waals surface area (Å²) in [5, 5.41) is 0. The topological polar surface area (TPSA) is 0 Å². The van der Waals surface area contributed by atoms with Gasteiger partial charge < -0.3 is 0 Å². The third-order valence-electron chi connectivity index (χ3n) is 0.793. The highest BCUT2D eigenvalue weighted by Gasteiger charge is 2.63. The van der Waals surface area contributed by atoms with Crippen LogP contribution in [-0.4, -0.2) is 11.8 Å². The van der Waals surface area contributed by atoms with Gasteiger partial charge in [0.25, 0.3) is 0 Å². The molecule has 0 saturated carbocycles. The molecule has 66 valence electrons. The Bertz CT molecular complexity index is 133. The van der Waals surface area contributed by atoms with Gasteiger partial charge in [-0.3, -0.25) is 0 Å². The zero-order valence-corrected chi connectivity index (χ0v) is 5.48. The summed E-state index contributed by atoms with van der Waals surface area (Å²) in [6, 6.07) is 0. The van der Waals surface area contributed by atoms with E-state index in [9.17, 15) is 26.3 Å². The van der Waals surface area contributed by atoms with Crippen molar-refractivity contribution in [1.82, 2.24) is 0 Å². The molecule has 0 fully saturated rings. The van der Waals surface area contributed by atoms with E-state index >= 15 is 0 Å². The third kappa shape index (κ3) is 1.91. The van der Waals surface area contributed by atoms with Gasteiger partial charge in [-0.15, -0.1) is 0 Å². The molecule has 0 aromatic rings. The minimum Gasteiger partial charge on any atom is -0.237 e. The van der Waals surface area contributed by atoms with E-state index in [2.05, 4.69) is 11.6 Å². The molecule has 0 aliphatic carbocycles. The Morgan fingerprint density at radius 1 is 1.18 bits per heavy atom. The lowest BCUT2D eigenvalue weighted by atomic mass is 10.2. The van der Waals surface area contributed by atoms with Gasteiger partial charge >= 0.3 is 17.5 Å². The average molecular weight is 198 g/mol. The van der Waals surface area contributed by atoms with E-state index in [1.54, 1.807) is 0 Å². The summed E-state index contributed by atoms with van der Waals surface area (Å²) >= 11 is 3.97. The van der Waals surface area contributed by atoms with Crippen LogP contribution in [-0.2, 0) is 0 Å². The molecule has 0 aromatic carbocycles. The number of hydrogen-bond donors (Lipinski definition) is 0. The highest BCUT2D eigenvalue weighted by Crippen LogP contribution is 2.45. The van der Waals surface area contributed by atoms with Gasteiger partial charge in [0, 0.05) is 0 Å². The molecule has 0 saturated heterocycles. The lowest BCUT2D eigenvalue weighted by molar-refractivity contribution is -0.192. The van der Waals surface area contributed by atoms with Gasteiger partial charge in [-0.25, -0.2) is 8.78 Å². The zero-order chi connectivity index (χ0) is 9.28. The van der Waals surface area contributed by atoms with Crippen LogP contribution in [0.25, 0.3) is 0 Å². The van der Waals surface area contributed by atoms with Crippen molar-refractivity contribution < 1.29 is 26.3 Å². The van der Waals surface area contributed by atoms with Crippen molar-refractivity contribution in [3.8, 4) is 0 Å². The molecule has 0 bridgehead atoms. The summed E-state index contributed by atoms with van der Waals surface area (Å²) in [6.07, 6.45) is 0. The summed E-state index contributed by atoms with van der Waals surface area (Å²) < 4.78 is 69.3. The molecule has 0 nitrogen and oxygen atoms in total. The Hall–Kier alpha value is -0.130. The molecule has 0 spiro atoms. The van der Waals surface area contributed by atoms with Crippen molar-refractivity contribution in [2.24, 2.45) is 0 Å². The van der Waals surface area contributed by atoms with E-state index in [1.165, 1.54) is 0 Å². The van der Waals surface area contributed by atoms with Crippen molar-refractivity contribution in [3.63, 3.8) is 0 Å². The summed E-state index contributed by atoms with van der Waals surface area (Å²) in [5.41, 5.74) is -2.85. The SMILES string of the molecule is F[CH]C(F)(F)C(F)(F)[C](F)Cl. The molecule has 0 amide bonds. The lowest BCUT2D eigenvalue weighted by Gasteiger charge is -2.21. The fourth-order valence-corrected chi connectivity index (χ4v) is 0.320. The minimum absolute atomic E-state index is 1.62. The molecule has 0 aliphatic heterocycles. The van der Waals surface area contributed by atoms with Crippen molar-refractivity contribution >= 4 is 11.6 Å². The van der Waals surface area contributed by atoms with E-state index in [1.807, 2.05) is 0 Å². The molecule has 0 N–H and O–H groups in total. The molecule has 2 radical (unpaired) electrons. The Morgan fingerprint density at radius 3 is 1.64 bits per heavy atom. The first-order valence-corrected chi connectivity index (χ1v) is 2.52. The Kier molecular flexibility index (Phi) is 3.05. The first-order valence-electron chi connectivity index (χ1n) is 2.14. The van der Waals surface area contributed by atoms with Crippen molar-refractivity contribution in [1.29, 1.82) is 0 Å². The lowest BCUT2D eigenvalue weighted by Crippen LogP contribution is -2.42. The third-order valence-corrected chi connectivity index (χ3v) is 1.03. The largest absolute Gasteiger partial charge is 0.365 e. The fraction of sp³-hybridized carbons (Fsp3) is 0.500. The van der Waals surface area contributed by atoms with Crippen LogP contribution in [0.1, 0.15) is 0 Å². The monoisotopic (exact) mass is 198 g/mol. The highest BCUT2D eigenvalue weighted by atomic mass is 35.5. The molecule has 0 heterocycles. The molecule has 0 rings (SSSR count). The first kappa shape index (κ1) is 10.9. The van der Waals surface area contributed by atoms with E-state index in [0.29, 0.717) is 0 Å². The second-order valence-corrected chi connectivity index (χ2v) is 1.90. The molecular formula is C4HClF6. The molecule has 0 aromatic heterocycles. The van der Waals surface area contributed by atoms with Gasteiger partial charge in [-0.2, -0.15) is 17.6 Å². The summed E-state index contributed by atoms with van der Waals surface area (Å²) in [6.45, 7) is -1.62. The van der Waals surface area contributed by atoms with E-state index in [0.717, 1.165) is 0 Å². The summed E-state index contributed by atoms with van der Waals surface area (Å²) in [7, 11) is 0. The van der Waals surface area contributed by atoms with Gasteiger partial charge in [0.05, 0.1) is 0 Å². The number of alkyl halides is 4. The van der Waals surface area contributed by atoms with E-state index < -0.39 is 24.2 Å². The Morgan fingerprint density at radius 2 is 1.55 bits per heavy atom. The van der Waals surface area contributed by atoms with Gasteiger partial charge in [0.1, 0.15) is 0 Å². The average Bonchev–Trinajstić information content (AvgIpc) is 1.87. The maximum atomic E-state index is 11.8. The van der Waals surface area contributed by atoms with Crippen LogP contribution >= 0.6 is 11.6 Å². The van der Waals surface area contributed by atoms with Gasteiger partial charge in [-0.1, -0.05) is 11.6 Å². The zero-order valence-electron chi connectivity index (χ0n) is 4.72. The summed E-state index contributed by atoms with van der Waals surface area (Å²) in [4.78, 5) is 0. The van der Waals surface area contributed by atoms with Crippen LogP contribution in [0.2, 0.25) is 0 Å². The Balaban J connectivity index is 4.53. The van der Waals surface area contributed by atoms with Crippen LogP contribution in [0, 0.1) is 12.3 Å². The van der Waals surface area contributed by atoms with Crippen molar-refractivity contribution in [3.05, 3.63) is 12.3 Å². The molecule has 7 heteroatoms. The van der Waals surface area contributed by atoms with E-state index in [-0.39, 0.29) is 0 Å². The number of hydrogen-bond acceptors (Lipinski definition) is 0. The standard InChI is InChI=1S/C4HClF6/c5-2(7)4(10,11)3(8,9)1-6/h1H. The first-order chi connectivity index (χ1) is 4.75. The fourth-order valence-electron chi connectivity index (χ4n) is 0.194. The maximum absolute atomic E-state index is 11.8. The molecule has 0 unspecified atom stereocenters. The van der Waals surface area contributed by atoms with Crippen molar-refractivity contribution in [2.75, 3.05) is 0 Å². The molecule has 11 heavy (non-hydrogen) atoms. The number of rotatable bonds is 3. The second-order valence-electron chi connectivity index (χ2n) is 1.57. The highest BCUT2D eigenvalue weighted by molar-refractivity contribution is 6.26. The minimum atomic E-state index is -5.30. The van der Waals surface area contributed by atoms with Crippen LogP contribution in [0.5, 0.6) is 0 Å². The van der Waals surface area contributed by atoms with Crippen molar-refractivity contribution in [2.45, 2.75) is 11.8 Å². The Labute approximate surface area is 63.1 Å². The predicted molar refractivity (Wildman–Crippen MR) is 25.5 cm³/mol. The van der Waals surface area contributed by atoms with Crippen LogP contribution in [0.3, 0.4) is 0 Å².